The van der Waals surface area contributed by atoms with Gasteiger partial charge in [-0.25, -0.2) is 0 Å². The number of amides is 1. The van der Waals surface area contributed by atoms with Crippen LogP contribution in [0.5, 0.6) is 0 Å². The molecule has 0 unspecified atom stereocenters. The van der Waals surface area contributed by atoms with Crippen LogP contribution in [0.3, 0.4) is 0 Å². The zero-order valence-corrected chi connectivity index (χ0v) is 13.6. The molecular formula is C18H26N2O2. The summed E-state index contributed by atoms with van der Waals surface area (Å²) in [5.74, 6) is 0.169. The monoisotopic (exact) mass is 302 g/mol. The molecule has 0 aliphatic carbocycles. The van der Waals surface area contributed by atoms with Gasteiger partial charge in [0.25, 0.3) is 5.91 Å². The van der Waals surface area contributed by atoms with Gasteiger partial charge in [0.15, 0.2) is 0 Å². The summed E-state index contributed by atoms with van der Waals surface area (Å²) in [4.78, 5) is 17.0. The van der Waals surface area contributed by atoms with Crippen LogP contribution in [0.15, 0.2) is 30.3 Å². The van der Waals surface area contributed by atoms with E-state index in [9.17, 15) is 4.79 Å². The van der Waals surface area contributed by atoms with Crippen molar-refractivity contribution >= 4 is 5.91 Å². The number of ether oxygens (including phenoxy) is 1. The van der Waals surface area contributed by atoms with Gasteiger partial charge in [0.05, 0.1) is 12.2 Å². The van der Waals surface area contributed by atoms with Crippen molar-refractivity contribution in [2.45, 2.75) is 44.9 Å². The summed E-state index contributed by atoms with van der Waals surface area (Å²) < 4.78 is 5.82. The maximum absolute atomic E-state index is 12.5. The lowest BCUT2D eigenvalue weighted by Gasteiger charge is -2.43. The highest BCUT2D eigenvalue weighted by molar-refractivity contribution is 5.94. The summed E-state index contributed by atoms with van der Waals surface area (Å²) in [6, 6.07) is 10.2. The lowest BCUT2D eigenvalue weighted by Crippen LogP contribution is -2.53. The molecule has 120 valence electrons. The molecular weight excluding hydrogens is 276 g/mol. The molecule has 22 heavy (non-hydrogen) atoms. The Morgan fingerprint density at radius 3 is 2.23 bits per heavy atom. The molecule has 2 saturated heterocycles. The molecule has 4 nitrogen and oxygen atoms in total. The van der Waals surface area contributed by atoms with Gasteiger partial charge in [0, 0.05) is 37.8 Å². The van der Waals surface area contributed by atoms with Gasteiger partial charge in [0.1, 0.15) is 0 Å². The lowest BCUT2D eigenvalue weighted by atomic mass is 10.0. The molecule has 1 aromatic rings. The number of benzene rings is 1. The van der Waals surface area contributed by atoms with Gasteiger partial charge in [-0.15, -0.1) is 0 Å². The third-order valence-electron chi connectivity index (χ3n) is 4.74. The summed E-state index contributed by atoms with van der Waals surface area (Å²) in [7, 11) is 0. The number of hydrogen-bond acceptors (Lipinski definition) is 3. The molecule has 2 heterocycles. The zero-order chi connectivity index (χ0) is 15.5. The first kappa shape index (κ1) is 15.5. The van der Waals surface area contributed by atoms with Crippen LogP contribution in [0.2, 0.25) is 0 Å². The minimum absolute atomic E-state index is 0.169. The standard InChI is InChI=1S/C18H26N2O2/c1-14-12-20(13-15(2)22-14)17-8-10-19(11-9-17)18(21)16-6-4-3-5-7-16/h3-7,14-15,17H,8-13H2,1-2H3/t14-,15+. The molecule has 0 saturated carbocycles. The third-order valence-corrected chi connectivity index (χ3v) is 4.74. The van der Waals surface area contributed by atoms with Crippen LogP contribution in [0.1, 0.15) is 37.0 Å². The maximum Gasteiger partial charge on any atom is 0.253 e. The lowest BCUT2D eigenvalue weighted by molar-refractivity contribution is -0.0856. The first-order chi connectivity index (χ1) is 10.6. The molecule has 1 aromatic carbocycles. The second-order valence-electron chi connectivity index (χ2n) is 6.60. The smallest absolute Gasteiger partial charge is 0.253 e. The molecule has 2 aliphatic heterocycles. The Balaban J connectivity index is 1.55. The Labute approximate surface area is 133 Å². The number of morpholine rings is 1. The van der Waals surface area contributed by atoms with Gasteiger partial charge in [-0.2, -0.15) is 0 Å². The topological polar surface area (TPSA) is 32.8 Å². The van der Waals surface area contributed by atoms with E-state index < -0.39 is 0 Å². The van der Waals surface area contributed by atoms with Crippen molar-refractivity contribution in [3.8, 4) is 0 Å². The maximum atomic E-state index is 12.5. The van der Waals surface area contributed by atoms with Gasteiger partial charge in [-0.1, -0.05) is 18.2 Å². The van der Waals surface area contributed by atoms with E-state index in [0.717, 1.165) is 44.6 Å². The molecule has 1 amide bonds. The highest BCUT2D eigenvalue weighted by Crippen LogP contribution is 2.22. The molecule has 3 rings (SSSR count). The molecule has 0 spiro atoms. The Morgan fingerprint density at radius 2 is 1.64 bits per heavy atom. The Kier molecular flexibility index (Phi) is 4.79. The summed E-state index contributed by atoms with van der Waals surface area (Å²) in [5.41, 5.74) is 0.801. The predicted molar refractivity (Wildman–Crippen MR) is 86.9 cm³/mol. The molecule has 2 fully saturated rings. The van der Waals surface area contributed by atoms with Crippen molar-refractivity contribution in [1.29, 1.82) is 0 Å². The Hall–Kier alpha value is -1.39. The van der Waals surface area contributed by atoms with Crippen LogP contribution in [-0.4, -0.2) is 60.1 Å². The average molecular weight is 302 g/mol. The van der Waals surface area contributed by atoms with Crippen LogP contribution in [0.4, 0.5) is 0 Å². The number of likely N-dealkylation sites (tertiary alicyclic amines) is 1. The molecule has 0 radical (unpaired) electrons. The van der Waals surface area contributed by atoms with Gasteiger partial charge in [-0.05, 0) is 38.8 Å². The van der Waals surface area contributed by atoms with Crippen LogP contribution in [0.25, 0.3) is 0 Å². The quantitative estimate of drug-likeness (QED) is 0.841. The second-order valence-corrected chi connectivity index (χ2v) is 6.60. The van der Waals surface area contributed by atoms with Crippen LogP contribution in [-0.2, 0) is 4.74 Å². The van der Waals surface area contributed by atoms with Crippen LogP contribution < -0.4 is 0 Å². The van der Waals surface area contributed by atoms with Gasteiger partial charge < -0.3 is 9.64 Å². The highest BCUT2D eigenvalue weighted by Gasteiger charge is 2.31. The number of carbonyl (C=O) groups is 1. The largest absolute Gasteiger partial charge is 0.373 e. The highest BCUT2D eigenvalue weighted by atomic mass is 16.5. The van der Waals surface area contributed by atoms with E-state index in [1.54, 1.807) is 0 Å². The van der Waals surface area contributed by atoms with E-state index in [2.05, 4.69) is 18.7 Å². The normalized spacial score (nSPS) is 27.8. The third kappa shape index (κ3) is 3.50. The van der Waals surface area contributed by atoms with Crippen molar-refractivity contribution in [1.82, 2.24) is 9.80 Å². The van der Waals surface area contributed by atoms with Crippen molar-refractivity contribution < 1.29 is 9.53 Å². The molecule has 2 atom stereocenters. The second kappa shape index (κ2) is 6.80. The number of rotatable bonds is 2. The summed E-state index contributed by atoms with van der Waals surface area (Å²) in [6.45, 7) is 8.05. The first-order valence-electron chi connectivity index (χ1n) is 8.37. The Morgan fingerprint density at radius 1 is 1.05 bits per heavy atom. The van der Waals surface area contributed by atoms with E-state index in [1.807, 2.05) is 35.2 Å². The van der Waals surface area contributed by atoms with Crippen molar-refractivity contribution in [2.75, 3.05) is 26.2 Å². The molecule has 0 bridgehead atoms. The van der Waals surface area contributed by atoms with E-state index in [1.165, 1.54) is 0 Å². The zero-order valence-electron chi connectivity index (χ0n) is 13.6. The fourth-order valence-corrected chi connectivity index (χ4v) is 3.71. The van der Waals surface area contributed by atoms with Gasteiger partial charge >= 0.3 is 0 Å². The Bertz CT molecular complexity index is 487. The van der Waals surface area contributed by atoms with Crippen LogP contribution >= 0.6 is 0 Å². The van der Waals surface area contributed by atoms with Gasteiger partial charge in [-0.3, -0.25) is 9.69 Å². The molecule has 0 aromatic heterocycles. The predicted octanol–water partition coefficient (Wildman–Crippen LogP) is 2.40. The molecule has 2 aliphatic rings. The van der Waals surface area contributed by atoms with E-state index in [4.69, 9.17) is 4.74 Å². The van der Waals surface area contributed by atoms with E-state index in [-0.39, 0.29) is 5.91 Å². The first-order valence-corrected chi connectivity index (χ1v) is 8.37. The number of nitrogens with zero attached hydrogens (tertiary/aromatic N) is 2. The summed E-state index contributed by atoms with van der Waals surface area (Å²) in [5, 5.41) is 0. The van der Waals surface area contributed by atoms with E-state index >= 15 is 0 Å². The summed E-state index contributed by atoms with van der Waals surface area (Å²) in [6.07, 6.45) is 2.76. The van der Waals surface area contributed by atoms with Crippen molar-refractivity contribution in [2.24, 2.45) is 0 Å². The van der Waals surface area contributed by atoms with Crippen LogP contribution in [0, 0.1) is 0 Å². The molecule has 4 heteroatoms. The van der Waals surface area contributed by atoms with Gasteiger partial charge in [0.2, 0.25) is 0 Å². The fraction of sp³-hybridized carbons (Fsp3) is 0.611. The SMILES string of the molecule is C[C@@H]1CN(C2CCN(C(=O)c3ccccc3)CC2)C[C@H](C)O1. The number of piperidine rings is 1. The number of hydrogen-bond donors (Lipinski definition) is 0. The van der Waals surface area contributed by atoms with Crippen molar-refractivity contribution in [3.05, 3.63) is 35.9 Å². The molecule has 0 N–H and O–H groups in total. The summed E-state index contributed by atoms with van der Waals surface area (Å²) >= 11 is 0. The van der Waals surface area contributed by atoms with Crippen molar-refractivity contribution in [3.63, 3.8) is 0 Å². The number of carbonyl (C=O) groups excluding carboxylic acids is 1. The van der Waals surface area contributed by atoms with E-state index in [0.29, 0.717) is 18.2 Å². The minimum Gasteiger partial charge on any atom is -0.373 e. The average Bonchev–Trinajstić information content (AvgIpc) is 2.54. The fourth-order valence-electron chi connectivity index (χ4n) is 3.71. The minimum atomic E-state index is 0.169.